The van der Waals surface area contributed by atoms with Crippen molar-refractivity contribution in [1.82, 2.24) is 9.88 Å². The zero-order valence-electron chi connectivity index (χ0n) is 18.2. The minimum atomic E-state index is 0.219. The van der Waals surface area contributed by atoms with Gasteiger partial charge in [0.15, 0.2) is 11.5 Å². The van der Waals surface area contributed by atoms with E-state index in [0.29, 0.717) is 11.8 Å². The normalized spacial score (nSPS) is 20.3. The van der Waals surface area contributed by atoms with Crippen molar-refractivity contribution < 1.29 is 18.9 Å². The van der Waals surface area contributed by atoms with Crippen molar-refractivity contribution in [3.8, 4) is 23.0 Å². The Morgan fingerprint density at radius 3 is 2.43 bits per heavy atom. The number of nitrogens with zero attached hydrogens (tertiary/aromatic N) is 1. The first-order valence-corrected chi connectivity index (χ1v) is 10.3. The number of benzene rings is 2. The van der Waals surface area contributed by atoms with Gasteiger partial charge in [0.05, 0.1) is 28.4 Å². The second-order valence-corrected chi connectivity index (χ2v) is 8.16. The minimum absolute atomic E-state index is 0.219. The number of nitrogens with one attached hydrogen (secondary N) is 1. The van der Waals surface area contributed by atoms with Crippen molar-refractivity contribution in [1.29, 1.82) is 0 Å². The van der Waals surface area contributed by atoms with Crippen molar-refractivity contribution in [3.63, 3.8) is 0 Å². The Morgan fingerprint density at radius 1 is 0.933 bits per heavy atom. The summed E-state index contributed by atoms with van der Waals surface area (Å²) >= 11 is 0. The van der Waals surface area contributed by atoms with Gasteiger partial charge in [0.2, 0.25) is 5.75 Å². The van der Waals surface area contributed by atoms with Crippen LogP contribution in [0.2, 0.25) is 0 Å². The van der Waals surface area contributed by atoms with Gasteiger partial charge in [-0.3, -0.25) is 4.90 Å². The van der Waals surface area contributed by atoms with Crippen LogP contribution in [0, 0.1) is 0 Å². The van der Waals surface area contributed by atoms with Crippen LogP contribution in [0.3, 0.4) is 0 Å². The molecule has 6 heteroatoms. The first-order valence-electron chi connectivity index (χ1n) is 10.3. The monoisotopic (exact) mass is 408 g/mol. The van der Waals surface area contributed by atoms with Gasteiger partial charge in [-0.1, -0.05) is 0 Å². The fraction of sp³-hybridized carbons (Fsp3) is 0.417. The molecular formula is C24H28N2O4. The van der Waals surface area contributed by atoms with Crippen molar-refractivity contribution in [2.75, 3.05) is 28.4 Å². The van der Waals surface area contributed by atoms with Crippen molar-refractivity contribution in [3.05, 3.63) is 46.6 Å². The van der Waals surface area contributed by atoms with Gasteiger partial charge in [-0.15, -0.1) is 0 Å². The van der Waals surface area contributed by atoms with Gasteiger partial charge in [-0.25, -0.2) is 0 Å². The summed E-state index contributed by atoms with van der Waals surface area (Å²) in [4.78, 5) is 6.22. The molecule has 0 spiro atoms. The van der Waals surface area contributed by atoms with E-state index in [-0.39, 0.29) is 6.04 Å². The lowest BCUT2D eigenvalue weighted by Gasteiger charge is -2.45. The third-order valence-electron chi connectivity index (χ3n) is 6.71. The molecule has 1 N–H and O–H groups in total. The molecule has 0 bridgehead atoms. The van der Waals surface area contributed by atoms with Crippen molar-refractivity contribution in [2.24, 2.45) is 0 Å². The molecule has 0 amide bonds. The summed E-state index contributed by atoms with van der Waals surface area (Å²) < 4.78 is 22.7. The third-order valence-corrected chi connectivity index (χ3v) is 6.71. The first-order chi connectivity index (χ1) is 14.6. The standard InChI is InChI=1S/C24H28N2O4/c1-13-8-14-9-21(28-3)23(29-4)24(30-5)22(14)20-11-17-16-10-15(27-2)6-7-18(16)25-19(17)12-26(13)20/h6-7,9-10,13,20,25H,8,11-12H2,1-5H3/t13?,20-/m0/s1. The Balaban J connectivity index is 1.69. The fourth-order valence-electron chi connectivity index (χ4n) is 5.31. The molecule has 2 atom stereocenters. The van der Waals surface area contributed by atoms with Gasteiger partial charge in [0, 0.05) is 40.8 Å². The van der Waals surface area contributed by atoms with Crippen LogP contribution in [0.15, 0.2) is 24.3 Å². The lowest BCUT2D eigenvalue weighted by molar-refractivity contribution is 0.102. The number of methoxy groups -OCH3 is 4. The number of aromatic nitrogens is 1. The van der Waals surface area contributed by atoms with Crippen LogP contribution in [0.1, 0.15) is 35.3 Å². The summed E-state index contributed by atoms with van der Waals surface area (Å²) in [5.41, 5.74) is 6.31. The molecule has 3 aromatic rings. The lowest BCUT2D eigenvalue weighted by Crippen LogP contribution is -2.45. The number of ether oxygens (including phenoxy) is 4. The summed E-state index contributed by atoms with van der Waals surface area (Å²) in [5.74, 6) is 3.06. The number of fused-ring (bicyclic) bond motifs is 6. The molecular weight excluding hydrogens is 380 g/mol. The summed E-state index contributed by atoms with van der Waals surface area (Å²) in [5, 5.41) is 1.24. The Morgan fingerprint density at radius 2 is 1.73 bits per heavy atom. The highest BCUT2D eigenvalue weighted by molar-refractivity contribution is 5.86. The second-order valence-electron chi connectivity index (χ2n) is 8.16. The van der Waals surface area contributed by atoms with Crippen LogP contribution in [-0.2, 0) is 19.4 Å². The lowest BCUT2D eigenvalue weighted by atomic mass is 9.81. The van der Waals surface area contributed by atoms with Gasteiger partial charge < -0.3 is 23.9 Å². The maximum absolute atomic E-state index is 5.90. The Labute approximate surface area is 176 Å². The predicted molar refractivity (Wildman–Crippen MR) is 116 cm³/mol. The van der Waals surface area contributed by atoms with Crippen LogP contribution in [0.4, 0.5) is 0 Å². The van der Waals surface area contributed by atoms with E-state index in [1.807, 2.05) is 6.07 Å². The predicted octanol–water partition coefficient (Wildman–Crippen LogP) is 4.25. The van der Waals surface area contributed by atoms with Crippen LogP contribution in [-0.4, -0.2) is 44.4 Å². The summed E-state index contributed by atoms with van der Waals surface area (Å²) in [7, 11) is 6.77. The molecule has 1 aromatic heterocycles. The van der Waals surface area contributed by atoms with Crippen molar-refractivity contribution >= 4 is 10.9 Å². The average molecular weight is 408 g/mol. The average Bonchev–Trinajstić information content (AvgIpc) is 3.13. The topological polar surface area (TPSA) is 56.0 Å². The van der Waals surface area contributed by atoms with Crippen LogP contribution >= 0.6 is 0 Å². The summed E-state index contributed by atoms with van der Waals surface area (Å²) in [6.07, 6.45) is 1.86. The molecule has 3 heterocycles. The number of hydrogen-bond donors (Lipinski definition) is 1. The molecule has 2 aromatic carbocycles. The van der Waals surface area contributed by atoms with E-state index >= 15 is 0 Å². The van der Waals surface area contributed by atoms with E-state index in [1.54, 1.807) is 28.4 Å². The number of aromatic amines is 1. The van der Waals surface area contributed by atoms with Gasteiger partial charge in [0.25, 0.3) is 0 Å². The molecule has 0 saturated carbocycles. The molecule has 2 aliphatic rings. The van der Waals surface area contributed by atoms with E-state index in [1.165, 1.54) is 27.8 Å². The quantitative estimate of drug-likeness (QED) is 0.700. The number of H-pyrrole nitrogens is 1. The highest BCUT2D eigenvalue weighted by atomic mass is 16.5. The zero-order valence-corrected chi connectivity index (χ0v) is 18.2. The maximum Gasteiger partial charge on any atom is 0.203 e. The smallest absolute Gasteiger partial charge is 0.203 e. The first kappa shape index (κ1) is 19.1. The Kier molecular flexibility index (Phi) is 4.54. The SMILES string of the molecule is COc1ccc2[nH]c3c(c2c1)C[C@H]1c2c(cc(OC)c(OC)c2OC)CC(C)N1C3. The van der Waals surface area contributed by atoms with Gasteiger partial charge in [-0.2, -0.15) is 0 Å². The molecule has 0 radical (unpaired) electrons. The zero-order chi connectivity index (χ0) is 21.0. The molecule has 6 nitrogen and oxygen atoms in total. The molecule has 0 aliphatic carbocycles. The molecule has 1 unspecified atom stereocenters. The fourth-order valence-corrected chi connectivity index (χ4v) is 5.31. The van der Waals surface area contributed by atoms with Crippen molar-refractivity contribution in [2.45, 2.75) is 38.4 Å². The maximum atomic E-state index is 5.90. The van der Waals surface area contributed by atoms with E-state index in [0.717, 1.165) is 42.2 Å². The second kappa shape index (κ2) is 7.13. The van der Waals surface area contributed by atoms with Gasteiger partial charge >= 0.3 is 0 Å². The minimum Gasteiger partial charge on any atom is -0.497 e. The Bertz CT molecular complexity index is 1120. The van der Waals surface area contributed by atoms with E-state index in [9.17, 15) is 0 Å². The van der Waals surface area contributed by atoms with Crippen LogP contribution in [0.25, 0.3) is 10.9 Å². The summed E-state index contributed by atoms with van der Waals surface area (Å²) in [6.45, 7) is 3.19. The molecule has 158 valence electrons. The van der Waals surface area contributed by atoms with Crippen LogP contribution < -0.4 is 18.9 Å². The number of hydrogen-bond acceptors (Lipinski definition) is 5. The molecule has 0 saturated heterocycles. The highest BCUT2D eigenvalue weighted by Crippen LogP contribution is 2.51. The molecule has 0 fully saturated rings. The number of rotatable bonds is 4. The molecule has 5 rings (SSSR count). The van der Waals surface area contributed by atoms with Crippen LogP contribution in [0.5, 0.6) is 23.0 Å². The van der Waals surface area contributed by atoms with Gasteiger partial charge in [-0.05, 0) is 55.2 Å². The summed E-state index contributed by atoms with van der Waals surface area (Å²) in [6, 6.07) is 9.01. The van der Waals surface area contributed by atoms with E-state index < -0.39 is 0 Å². The molecule has 30 heavy (non-hydrogen) atoms. The largest absolute Gasteiger partial charge is 0.497 e. The van der Waals surface area contributed by atoms with Gasteiger partial charge in [0.1, 0.15) is 5.75 Å². The van der Waals surface area contributed by atoms with E-state index in [4.69, 9.17) is 18.9 Å². The molecule has 2 aliphatic heterocycles. The van der Waals surface area contributed by atoms with E-state index in [2.05, 4.69) is 35.0 Å². The third kappa shape index (κ3) is 2.67. The Hall–Kier alpha value is -2.86. The highest BCUT2D eigenvalue weighted by Gasteiger charge is 2.40.